The maximum Gasteiger partial charge on any atom is 0.216 e. The number of halogens is 2. The van der Waals surface area contributed by atoms with Gasteiger partial charge in [0.25, 0.3) is 0 Å². The Morgan fingerprint density at radius 1 is 1.17 bits per heavy atom. The largest absolute Gasteiger partial charge is 0.396 e. The van der Waals surface area contributed by atoms with Crippen LogP contribution >= 0.6 is 0 Å². The van der Waals surface area contributed by atoms with E-state index in [0.717, 1.165) is 17.1 Å². The van der Waals surface area contributed by atoms with E-state index in [1.54, 1.807) is 0 Å². The normalized spacial score (nSPS) is 18.9. The zero-order valence-corrected chi connectivity index (χ0v) is 15.6. The molecule has 1 atom stereocenters. The van der Waals surface area contributed by atoms with Gasteiger partial charge in [-0.3, -0.25) is 14.4 Å². The number of hydrogen-bond donors (Lipinski definition) is 2. The van der Waals surface area contributed by atoms with Crippen molar-refractivity contribution in [2.24, 2.45) is 4.99 Å². The molecule has 3 heterocycles. The zero-order valence-electron chi connectivity index (χ0n) is 15.6. The summed E-state index contributed by atoms with van der Waals surface area (Å²) in [4.78, 5) is 13.4. The van der Waals surface area contributed by atoms with Crippen LogP contribution in [0.4, 0.5) is 14.7 Å². The number of fused-ring (bicyclic) bond motifs is 5. The number of aliphatic imine (C=N–C) groups is 1. The van der Waals surface area contributed by atoms with Gasteiger partial charge in [0.15, 0.2) is 0 Å². The van der Waals surface area contributed by atoms with Crippen LogP contribution in [0.25, 0.3) is 11.0 Å². The molecule has 2 aromatic carbocycles. The van der Waals surface area contributed by atoms with Gasteiger partial charge < -0.3 is 10.4 Å². The van der Waals surface area contributed by atoms with Crippen molar-refractivity contribution in [1.29, 1.82) is 0 Å². The van der Waals surface area contributed by atoms with E-state index in [-0.39, 0.29) is 6.61 Å². The van der Waals surface area contributed by atoms with E-state index >= 15 is 0 Å². The van der Waals surface area contributed by atoms with Gasteiger partial charge >= 0.3 is 0 Å². The minimum atomic E-state index is -0.624. The van der Waals surface area contributed by atoms with Gasteiger partial charge in [-0.1, -0.05) is 12.1 Å². The predicted octanol–water partition coefficient (Wildman–Crippen LogP) is 2.24. The number of rotatable bonds is 4. The third kappa shape index (κ3) is 3.02. The average molecular weight is 398 g/mol. The molecule has 150 valence electrons. The minimum Gasteiger partial charge on any atom is -0.396 e. The fourth-order valence-electron chi connectivity index (χ4n) is 3.88. The SMILES string of the molecule is OCCCN1CN=C2NC(c3ccc(F)cc3F)n3c(nc4ccccc43)N2C1. The lowest BCUT2D eigenvalue weighted by Crippen LogP contribution is -2.57. The summed E-state index contributed by atoms with van der Waals surface area (Å²) in [6, 6.07) is 11.2. The first-order valence-corrected chi connectivity index (χ1v) is 9.49. The standard InChI is InChI=1S/C20H20F2N6O/c21-13-6-7-14(15(22)10-13)18-25-19-23-11-26(8-3-9-29)12-27(19)20-24-16-4-1-2-5-17(16)28(18)20/h1-2,4-7,10,18,29H,3,8-9,11-12H2,(H,23,25). The number of anilines is 1. The number of hydrogen-bond acceptors (Lipinski definition) is 6. The summed E-state index contributed by atoms with van der Waals surface area (Å²) in [7, 11) is 0. The quantitative estimate of drug-likeness (QED) is 0.706. The Labute approximate surface area is 165 Å². The topological polar surface area (TPSA) is 68.9 Å². The molecule has 0 fully saturated rings. The Morgan fingerprint density at radius 2 is 2.03 bits per heavy atom. The van der Waals surface area contributed by atoms with E-state index < -0.39 is 17.8 Å². The molecule has 2 aliphatic heterocycles. The van der Waals surface area contributed by atoms with Gasteiger partial charge in [-0.2, -0.15) is 0 Å². The second-order valence-electron chi connectivity index (χ2n) is 7.15. The summed E-state index contributed by atoms with van der Waals surface area (Å²) in [6.07, 6.45) is 0.0587. The van der Waals surface area contributed by atoms with Crippen LogP contribution in [0.2, 0.25) is 0 Å². The molecule has 1 unspecified atom stereocenters. The van der Waals surface area contributed by atoms with Crippen molar-refractivity contribution in [2.75, 3.05) is 31.4 Å². The van der Waals surface area contributed by atoms with Crippen molar-refractivity contribution in [3.8, 4) is 0 Å². The Bertz CT molecular complexity index is 1100. The highest BCUT2D eigenvalue weighted by Gasteiger charge is 2.36. The number of imidazole rings is 1. The highest BCUT2D eigenvalue weighted by atomic mass is 19.1. The molecule has 1 aromatic heterocycles. The summed E-state index contributed by atoms with van der Waals surface area (Å²) in [5, 5.41) is 12.4. The molecule has 2 aliphatic rings. The molecule has 5 rings (SSSR count). The van der Waals surface area contributed by atoms with Crippen LogP contribution in [0.15, 0.2) is 47.5 Å². The Morgan fingerprint density at radius 3 is 2.86 bits per heavy atom. The first-order valence-electron chi connectivity index (χ1n) is 9.49. The number of aliphatic hydroxyl groups excluding tert-OH is 1. The van der Waals surface area contributed by atoms with Crippen molar-refractivity contribution >= 4 is 22.9 Å². The third-order valence-electron chi connectivity index (χ3n) is 5.25. The molecule has 0 aliphatic carbocycles. The first kappa shape index (κ1) is 18.0. The van der Waals surface area contributed by atoms with Gasteiger partial charge in [-0.05, 0) is 30.7 Å². The van der Waals surface area contributed by atoms with E-state index in [9.17, 15) is 8.78 Å². The molecule has 0 saturated carbocycles. The van der Waals surface area contributed by atoms with Gasteiger partial charge in [0, 0.05) is 24.8 Å². The van der Waals surface area contributed by atoms with Crippen LogP contribution in [0.5, 0.6) is 0 Å². The molecular formula is C20H20F2N6O. The third-order valence-corrected chi connectivity index (χ3v) is 5.25. The van der Waals surface area contributed by atoms with E-state index in [0.29, 0.717) is 43.8 Å². The van der Waals surface area contributed by atoms with Crippen molar-refractivity contribution in [3.05, 3.63) is 59.7 Å². The molecule has 0 radical (unpaired) electrons. The van der Waals surface area contributed by atoms with Gasteiger partial charge in [0.2, 0.25) is 11.9 Å². The fraction of sp³-hybridized carbons (Fsp3) is 0.300. The van der Waals surface area contributed by atoms with Gasteiger partial charge in [0.1, 0.15) is 17.8 Å². The second-order valence-corrected chi connectivity index (χ2v) is 7.15. The highest BCUT2D eigenvalue weighted by molar-refractivity contribution is 5.98. The van der Waals surface area contributed by atoms with E-state index in [1.807, 2.05) is 33.7 Å². The summed E-state index contributed by atoms with van der Waals surface area (Å²) in [6.45, 7) is 1.85. The smallest absolute Gasteiger partial charge is 0.216 e. The Kier molecular flexibility index (Phi) is 4.40. The second kappa shape index (κ2) is 7.09. The number of guanidine groups is 1. The fourth-order valence-corrected chi connectivity index (χ4v) is 3.88. The molecule has 9 heteroatoms. The molecular weight excluding hydrogens is 378 g/mol. The summed E-state index contributed by atoms with van der Waals surface area (Å²) in [5.41, 5.74) is 1.95. The summed E-state index contributed by atoms with van der Waals surface area (Å²) in [5.74, 6) is 0.00231. The predicted molar refractivity (Wildman–Crippen MR) is 105 cm³/mol. The van der Waals surface area contributed by atoms with Crippen LogP contribution in [0.1, 0.15) is 18.2 Å². The van der Waals surface area contributed by atoms with Gasteiger partial charge in [0.05, 0.1) is 24.4 Å². The minimum absolute atomic E-state index is 0.121. The lowest BCUT2D eigenvalue weighted by Gasteiger charge is -2.41. The van der Waals surface area contributed by atoms with E-state index in [1.165, 1.54) is 12.1 Å². The molecule has 29 heavy (non-hydrogen) atoms. The Balaban J connectivity index is 1.64. The molecule has 0 bridgehead atoms. The first-order chi connectivity index (χ1) is 14.2. The van der Waals surface area contributed by atoms with Gasteiger partial charge in [-0.25, -0.2) is 18.8 Å². The highest BCUT2D eigenvalue weighted by Crippen LogP contribution is 2.34. The van der Waals surface area contributed by atoms with Crippen molar-refractivity contribution < 1.29 is 13.9 Å². The number of para-hydroxylation sites is 2. The summed E-state index contributed by atoms with van der Waals surface area (Å²) < 4.78 is 30.1. The van der Waals surface area contributed by atoms with Crippen LogP contribution in [0.3, 0.4) is 0 Å². The van der Waals surface area contributed by atoms with Crippen LogP contribution in [-0.2, 0) is 0 Å². The Hall–Kier alpha value is -3.04. The van der Waals surface area contributed by atoms with Crippen molar-refractivity contribution in [1.82, 2.24) is 19.8 Å². The van der Waals surface area contributed by atoms with E-state index in [4.69, 9.17) is 10.1 Å². The molecule has 0 spiro atoms. The summed E-state index contributed by atoms with van der Waals surface area (Å²) >= 11 is 0. The van der Waals surface area contributed by atoms with Crippen molar-refractivity contribution in [3.63, 3.8) is 0 Å². The number of aromatic nitrogens is 2. The lowest BCUT2D eigenvalue weighted by molar-refractivity contribution is 0.223. The molecule has 3 aromatic rings. The molecule has 7 nitrogen and oxygen atoms in total. The maximum absolute atomic E-state index is 14.7. The number of nitrogens with one attached hydrogen (secondary N) is 1. The van der Waals surface area contributed by atoms with Crippen LogP contribution in [-0.4, -0.2) is 52.0 Å². The molecule has 2 N–H and O–H groups in total. The van der Waals surface area contributed by atoms with Crippen LogP contribution in [0, 0.1) is 11.6 Å². The van der Waals surface area contributed by atoms with Crippen LogP contribution < -0.4 is 10.2 Å². The lowest BCUT2D eigenvalue weighted by atomic mass is 10.1. The zero-order chi connectivity index (χ0) is 20.0. The number of aliphatic hydroxyl groups is 1. The maximum atomic E-state index is 14.7. The molecule has 0 saturated heterocycles. The average Bonchev–Trinajstić information content (AvgIpc) is 3.12. The number of nitrogens with zero attached hydrogens (tertiary/aromatic N) is 5. The molecule has 0 amide bonds. The van der Waals surface area contributed by atoms with E-state index in [2.05, 4.69) is 15.2 Å². The monoisotopic (exact) mass is 398 g/mol. The van der Waals surface area contributed by atoms with Crippen molar-refractivity contribution in [2.45, 2.75) is 12.6 Å². The van der Waals surface area contributed by atoms with Gasteiger partial charge in [-0.15, -0.1) is 0 Å². The number of benzene rings is 2.